The summed E-state index contributed by atoms with van der Waals surface area (Å²) in [6.07, 6.45) is 3.89. The average molecular weight is 555 g/mol. The highest BCUT2D eigenvalue weighted by Crippen LogP contribution is 2.29. The second-order valence-corrected chi connectivity index (χ2v) is 9.83. The van der Waals surface area contributed by atoms with Crippen molar-refractivity contribution in [1.29, 1.82) is 0 Å². The Morgan fingerprint density at radius 3 is 2.38 bits per heavy atom. The summed E-state index contributed by atoms with van der Waals surface area (Å²) in [5.41, 5.74) is 2.83. The van der Waals surface area contributed by atoms with E-state index < -0.39 is 5.97 Å². The van der Waals surface area contributed by atoms with E-state index in [1.807, 2.05) is 24.3 Å². The van der Waals surface area contributed by atoms with Gasteiger partial charge in [0.2, 0.25) is 0 Å². The van der Waals surface area contributed by atoms with E-state index in [9.17, 15) is 18.8 Å². The number of esters is 3. The Kier molecular flexibility index (Phi) is 10.8. The number of halogens is 1. The molecule has 2 aliphatic rings. The van der Waals surface area contributed by atoms with Gasteiger partial charge in [-0.1, -0.05) is 43.0 Å². The second kappa shape index (κ2) is 14.7. The number of fused-ring (bicyclic) bond motifs is 1. The first kappa shape index (κ1) is 29.4. The fraction of sp³-hybridized carbons (Fsp3) is 0.452. The second-order valence-electron chi connectivity index (χ2n) is 9.83. The van der Waals surface area contributed by atoms with Gasteiger partial charge in [0.05, 0.1) is 25.9 Å². The summed E-state index contributed by atoms with van der Waals surface area (Å²) in [5, 5.41) is 0. The van der Waals surface area contributed by atoms with Crippen LogP contribution in [0.3, 0.4) is 0 Å². The van der Waals surface area contributed by atoms with Gasteiger partial charge in [-0.3, -0.25) is 9.59 Å². The Morgan fingerprint density at radius 1 is 0.925 bits per heavy atom. The maximum atomic E-state index is 14.9. The van der Waals surface area contributed by atoms with Gasteiger partial charge in [-0.15, -0.1) is 0 Å². The lowest BCUT2D eigenvalue weighted by molar-refractivity contribution is -0.153. The molecule has 40 heavy (non-hydrogen) atoms. The van der Waals surface area contributed by atoms with E-state index in [0.29, 0.717) is 50.0 Å². The van der Waals surface area contributed by atoms with Crippen LogP contribution in [0.1, 0.15) is 43.2 Å². The fourth-order valence-electron chi connectivity index (χ4n) is 4.74. The van der Waals surface area contributed by atoms with Crippen molar-refractivity contribution in [2.75, 3.05) is 26.4 Å². The third-order valence-electron chi connectivity index (χ3n) is 6.95. The lowest BCUT2D eigenvalue weighted by Gasteiger charge is -2.16. The Labute approximate surface area is 233 Å². The molecule has 0 unspecified atom stereocenters. The van der Waals surface area contributed by atoms with Crippen LogP contribution < -0.4 is 0 Å². The van der Waals surface area contributed by atoms with Gasteiger partial charge in [0, 0.05) is 31.1 Å². The summed E-state index contributed by atoms with van der Waals surface area (Å²) in [4.78, 5) is 35.2. The fourth-order valence-corrected chi connectivity index (χ4v) is 4.74. The van der Waals surface area contributed by atoms with Gasteiger partial charge in [0.1, 0.15) is 11.9 Å². The molecule has 2 saturated heterocycles. The smallest absolute Gasteiger partial charge is 0.330 e. The summed E-state index contributed by atoms with van der Waals surface area (Å²) in [6.45, 7) is 4.81. The Morgan fingerprint density at radius 2 is 1.62 bits per heavy atom. The van der Waals surface area contributed by atoms with E-state index in [-0.39, 0.29) is 62.1 Å². The van der Waals surface area contributed by atoms with Gasteiger partial charge >= 0.3 is 17.9 Å². The molecular formula is C31H35FO8. The van der Waals surface area contributed by atoms with E-state index >= 15 is 0 Å². The number of hydrogen-bond donors (Lipinski definition) is 0. The van der Waals surface area contributed by atoms with Crippen LogP contribution in [0.15, 0.2) is 55.1 Å². The molecule has 3 atom stereocenters. The zero-order valence-electron chi connectivity index (χ0n) is 22.5. The van der Waals surface area contributed by atoms with Crippen LogP contribution in [-0.2, 0) is 50.9 Å². The van der Waals surface area contributed by atoms with Crippen LogP contribution in [-0.4, -0.2) is 62.6 Å². The molecule has 2 aliphatic heterocycles. The van der Waals surface area contributed by atoms with Crippen LogP contribution in [0.2, 0.25) is 0 Å². The molecular weight excluding hydrogens is 519 g/mol. The van der Waals surface area contributed by atoms with Crippen molar-refractivity contribution < 1.29 is 42.5 Å². The van der Waals surface area contributed by atoms with Crippen molar-refractivity contribution >= 4 is 17.9 Å². The van der Waals surface area contributed by atoms with Crippen LogP contribution in [0.25, 0.3) is 11.1 Å². The molecule has 0 N–H and O–H groups in total. The molecule has 9 heteroatoms. The molecule has 0 spiro atoms. The molecule has 0 saturated carbocycles. The van der Waals surface area contributed by atoms with Crippen LogP contribution >= 0.6 is 0 Å². The quantitative estimate of drug-likeness (QED) is 0.146. The van der Waals surface area contributed by atoms with Crippen LogP contribution in [0.4, 0.5) is 4.39 Å². The predicted octanol–water partition coefficient (Wildman–Crippen LogP) is 4.51. The van der Waals surface area contributed by atoms with Crippen molar-refractivity contribution in [3.8, 4) is 11.1 Å². The number of hydrogen-bond acceptors (Lipinski definition) is 8. The minimum atomic E-state index is -0.477. The third-order valence-corrected chi connectivity index (χ3v) is 6.95. The van der Waals surface area contributed by atoms with Crippen molar-refractivity contribution in [2.45, 2.75) is 63.3 Å². The summed E-state index contributed by atoms with van der Waals surface area (Å²) in [6, 6.07) is 12.4. The van der Waals surface area contributed by atoms with E-state index in [1.165, 1.54) is 6.07 Å². The molecule has 2 heterocycles. The van der Waals surface area contributed by atoms with Gasteiger partial charge < -0.3 is 23.7 Å². The number of aryl methyl sites for hydroxylation is 2. The molecule has 0 aromatic heterocycles. The van der Waals surface area contributed by atoms with E-state index in [0.717, 1.165) is 23.6 Å². The van der Waals surface area contributed by atoms with Crippen LogP contribution in [0.5, 0.6) is 0 Å². The molecule has 2 aromatic carbocycles. The number of unbranched alkanes of at least 4 members (excludes halogenated alkanes) is 1. The molecule has 214 valence electrons. The zero-order chi connectivity index (χ0) is 28.3. The zero-order valence-corrected chi connectivity index (χ0v) is 22.5. The maximum Gasteiger partial charge on any atom is 0.330 e. The van der Waals surface area contributed by atoms with Gasteiger partial charge in [0.15, 0.2) is 6.10 Å². The number of ether oxygens (including phenoxy) is 5. The highest BCUT2D eigenvalue weighted by Gasteiger charge is 2.43. The lowest BCUT2D eigenvalue weighted by Crippen LogP contribution is -2.32. The minimum Gasteiger partial charge on any atom is -0.466 e. The van der Waals surface area contributed by atoms with Gasteiger partial charge in [-0.25, -0.2) is 9.18 Å². The Hall–Kier alpha value is -3.56. The SMILES string of the molecule is C=CC(=O)OCCCCOC(=O)CCc1ccc(-c2ccc(CCC(=O)O[C@@H]3CO[C@@H]4CCO[C@@H]43)cc2)c(F)c1. The topological polar surface area (TPSA) is 97.4 Å². The lowest BCUT2D eigenvalue weighted by atomic mass is 9.99. The predicted molar refractivity (Wildman–Crippen MR) is 144 cm³/mol. The monoisotopic (exact) mass is 554 g/mol. The number of rotatable bonds is 14. The van der Waals surface area contributed by atoms with Gasteiger partial charge in [-0.2, -0.15) is 0 Å². The van der Waals surface area contributed by atoms with E-state index in [1.54, 1.807) is 12.1 Å². The van der Waals surface area contributed by atoms with E-state index in [2.05, 4.69) is 6.58 Å². The summed E-state index contributed by atoms with van der Waals surface area (Å²) in [7, 11) is 0. The summed E-state index contributed by atoms with van der Waals surface area (Å²) >= 11 is 0. The van der Waals surface area contributed by atoms with Crippen molar-refractivity contribution in [3.63, 3.8) is 0 Å². The van der Waals surface area contributed by atoms with Gasteiger partial charge in [0.25, 0.3) is 0 Å². The Bertz CT molecular complexity index is 1180. The molecule has 0 radical (unpaired) electrons. The van der Waals surface area contributed by atoms with Gasteiger partial charge in [-0.05, 0) is 54.9 Å². The largest absolute Gasteiger partial charge is 0.466 e. The molecule has 8 nitrogen and oxygen atoms in total. The minimum absolute atomic E-state index is 0.0284. The highest BCUT2D eigenvalue weighted by molar-refractivity contribution is 5.81. The number of carbonyl (C=O) groups is 3. The first-order chi connectivity index (χ1) is 19.4. The highest BCUT2D eigenvalue weighted by atomic mass is 19.1. The summed E-state index contributed by atoms with van der Waals surface area (Å²) in [5.74, 6) is -1.50. The first-order valence-electron chi connectivity index (χ1n) is 13.7. The van der Waals surface area contributed by atoms with Crippen LogP contribution in [0, 0.1) is 5.82 Å². The molecule has 4 rings (SSSR count). The Balaban J connectivity index is 1.17. The van der Waals surface area contributed by atoms with E-state index in [4.69, 9.17) is 23.7 Å². The molecule has 2 aromatic rings. The van der Waals surface area contributed by atoms with Crippen molar-refractivity contribution in [2.24, 2.45) is 0 Å². The third kappa shape index (κ3) is 8.47. The normalized spacial score (nSPS) is 19.6. The maximum absolute atomic E-state index is 14.9. The molecule has 0 aliphatic carbocycles. The summed E-state index contributed by atoms with van der Waals surface area (Å²) < 4.78 is 41.7. The molecule has 0 amide bonds. The van der Waals surface area contributed by atoms with Crippen molar-refractivity contribution in [3.05, 3.63) is 72.1 Å². The number of benzene rings is 2. The first-order valence-corrected chi connectivity index (χ1v) is 13.7. The van der Waals surface area contributed by atoms with Crippen molar-refractivity contribution in [1.82, 2.24) is 0 Å². The molecule has 0 bridgehead atoms. The average Bonchev–Trinajstić information content (AvgIpc) is 3.58. The number of carbonyl (C=O) groups excluding carboxylic acids is 3. The molecule has 2 fully saturated rings. The standard InChI is InChI=1S/C31H35FO8/c1-2-28(33)36-16-3-4-17-37-29(34)13-9-22-7-12-24(25(32)19-22)23-10-5-21(6-11-23)8-14-30(35)40-27-20-39-26-15-18-38-31(26)27/h2,5-7,10-12,19,26-27,31H,1,3-4,8-9,13-18,20H2/t26-,27-,31+/m1/s1.